The van der Waals surface area contributed by atoms with Crippen LogP contribution in [0.5, 0.6) is 0 Å². The molecule has 1 fully saturated rings. The van der Waals surface area contributed by atoms with Gasteiger partial charge in [-0.3, -0.25) is 5.10 Å². The van der Waals surface area contributed by atoms with Gasteiger partial charge in [0.25, 0.3) is 0 Å². The van der Waals surface area contributed by atoms with Gasteiger partial charge in [-0.25, -0.2) is 8.42 Å². The van der Waals surface area contributed by atoms with Crippen LogP contribution in [0, 0.1) is 13.8 Å². The van der Waals surface area contributed by atoms with E-state index in [1.54, 1.807) is 13.8 Å². The predicted octanol–water partition coefficient (Wildman–Crippen LogP) is 1.61. The molecular weight excluding hydrogens is 278 g/mol. The Hall–Kier alpha value is -0.920. The molecule has 1 aromatic heterocycles. The molecule has 1 aliphatic rings. The first-order valence-corrected chi connectivity index (χ1v) is 8.54. The first-order valence-electron chi connectivity index (χ1n) is 7.10. The van der Waals surface area contributed by atoms with Crippen LogP contribution in [-0.2, 0) is 14.8 Å². The highest BCUT2D eigenvalue weighted by atomic mass is 32.2. The molecule has 20 heavy (non-hydrogen) atoms. The van der Waals surface area contributed by atoms with Crippen molar-refractivity contribution in [1.82, 2.24) is 14.5 Å². The van der Waals surface area contributed by atoms with Gasteiger partial charge in [0.2, 0.25) is 10.0 Å². The van der Waals surface area contributed by atoms with E-state index in [1.165, 1.54) is 4.31 Å². The number of aromatic nitrogens is 2. The Morgan fingerprint density at radius 3 is 2.80 bits per heavy atom. The Morgan fingerprint density at radius 2 is 2.20 bits per heavy atom. The molecule has 0 aliphatic carbocycles. The number of aromatic amines is 1. The lowest BCUT2D eigenvalue weighted by atomic mass is 10.1. The summed E-state index contributed by atoms with van der Waals surface area (Å²) in [4.78, 5) is 0.314. The Kier molecular flexibility index (Phi) is 4.82. The van der Waals surface area contributed by atoms with Gasteiger partial charge in [0, 0.05) is 19.7 Å². The van der Waals surface area contributed by atoms with Crippen LogP contribution in [0.15, 0.2) is 4.90 Å². The lowest BCUT2D eigenvalue weighted by Crippen LogP contribution is -2.43. The van der Waals surface area contributed by atoms with E-state index in [-0.39, 0.29) is 6.10 Å². The molecule has 1 unspecified atom stereocenters. The summed E-state index contributed by atoms with van der Waals surface area (Å²) >= 11 is 0. The van der Waals surface area contributed by atoms with E-state index in [0.29, 0.717) is 36.0 Å². The zero-order valence-corrected chi connectivity index (χ0v) is 13.2. The number of aryl methyl sites for hydroxylation is 2. The maximum atomic E-state index is 12.7. The normalized spacial score (nSPS) is 21.2. The second-order valence-electron chi connectivity index (χ2n) is 5.26. The number of nitrogens with one attached hydrogen (secondary N) is 1. The maximum absolute atomic E-state index is 12.7. The summed E-state index contributed by atoms with van der Waals surface area (Å²) in [6.07, 6.45) is 2.72. The van der Waals surface area contributed by atoms with Crippen molar-refractivity contribution in [3.63, 3.8) is 0 Å². The second-order valence-corrected chi connectivity index (χ2v) is 7.14. The number of ether oxygens (including phenoxy) is 1. The molecular formula is C13H23N3O3S. The van der Waals surface area contributed by atoms with Gasteiger partial charge in [-0.05, 0) is 33.1 Å². The average molecular weight is 301 g/mol. The highest BCUT2D eigenvalue weighted by molar-refractivity contribution is 7.89. The third kappa shape index (κ3) is 3.05. The van der Waals surface area contributed by atoms with Gasteiger partial charge in [0.1, 0.15) is 4.90 Å². The van der Waals surface area contributed by atoms with E-state index in [2.05, 4.69) is 17.1 Å². The minimum atomic E-state index is -3.48. The third-order valence-electron chi connectivity index (χ3n) is 3.56. The summed E-state index contributed by atoms with van der Waals surface area (Å²) < 4.78 is 32.7. The summed E-state index contributed by atoms with van der Waals surface area (Å²) in [5.41, 5.74) is 1.12. The van der Waals surface area contributed by atoms with E-state index in [4.69, 9.17) is 4.74 Å². The van der Waals surface area contributed by atoms with Crippen LogP contribution in [0.4, 0.5) is 0 Å². The van der Waals surface area contributed by atoms with Crippen molar-refractivity contribution < 1.29 is 13.2 Å². The molecule has 1 aromatic rings. The molecule has 1 saturated heterocycles. The number of piperidine rings is 1. The number of H-pyrrole nitrogens is 1. The molecule has 114 valence electrons. The molecule has 6 nitrogen and oxygen atoms in total. The Balaban J connectivity index is 2.17. The van der Waals surface area contributed by atoms with Gasteiger partial charge in [0.15, 0.2) is 0 Å². The van der Waals surface area contributed by atoms with Crippen LogP contribution in [0.25, 0.3) is 0 Å². The van der Waals surface area contributed by atoms with Crippen molar-refractivity contribution in [2.24, 2.45) is 0 Å². The van der Waals surface area contributed by atoms with Crippen LogP contribution in [0.3, 0.4) is 0 Å². The summed E-state index contributed by atoms with van der Waals surface area (Å²) in [5.74, 6) is 0. The molecule has 1 aliphatic heterocycles. The molecule has 0 bridgehead atoms. The number of hydrogen-bond acceptors (Lipinski definition) is 4. The SMILES string of the molecule is CCCOC1CCCN(S(=O)(=O)c2c(C)n[nH]c2C)C1. The minimum Gasteiger partial charge on any atom is -0.377 e. The molecule has 0 radical (unpaired) electrons. The summed E-state index contributed by atoms with van der Waals surface area (Å²) in [6, 6.07) is 0. The van der Waals surface area contributed by atoms with Gasteiger partial charge in [-0.1, -0.05) is 6.92 Å². The molecule has 2 heterocycles. The highest BCUT2D eigenvalue weighted by Crippen LogP contribution is 2.25. The van der Waals surface area contributed by atoms with Crippen molar-refractivity contribution in [3.05, 3.63) is 11.4 Å². The number of nitrogens with zero attached hydrogens (tertiary/aromatic N) is 2. The van der Waals surface area contributed by atoms with Crippen LogP contribution >= 0.6 is 0 Å². The molecule has 0 aromatic carbocycles. The fraction of sp³-hybridized carbons (Fsp3) is 0.769. The first-order chi connectivity index (χ1) is 9.46. The lowest BCUT2D eigenvalue weighted by Gasteiger charge is -2.31. The topological polar surface area (TPSA) is 75.3 Å². The molecule has 0 amide bonds. The smallest absolute Gasteiger partial charge is 0.246 e. The predicted molar refractivity (Wildman–Crippen MR) is 76.1 cm³/mol. The Labute approximate surface area is 120 Å². The van der Waals surface area contributed by atoms with Crippen LogP contribution in [-0.4, -0.2) is 48.7 Å². The first kappa shape index (κ1) is 15.5. The highest BCUT2D eigenvalue weighted by Gasteiger charge is 2.33. The largest absolute Gasteiger partial charge is 0.377 e. The van der Waals surface area contributed by atoms with Crippen molar-refractivity contribution in [2.75, 3.05) is 19.7 Å². The Bertz CT molecular complexity index is 534. The van der Waals surface area contributed by atoms with Crippen LogP contribution in [0.2, 0.25) is 0 Å². The van der Waals surface area contributed by atoms with E-state index < -0.39 is 10.0 Å². The summed E-state index contributed by atoms with van der Waals surface area (Å²) in [7, 11) is -3.48. The number of rotatable bonds is 5. The fourth-order valence-electron chi connectivity index (χ4n) is 2.59. The number of sulfonamides is 1. The minimum absolute atomic E-state index is 0.00554. The molecule has 1 N–H and O–H groups in total. The Morgan fingerprint density at radius 1 is 1.45 bits per heavy atom. The summed E-state index contributed by atoms with van der Waals surface area (Å²) in [6.45, 7) is 7.18. The van der Waals surface area contributed by atoms with Crippen LogP contribution < -0.4 is 0 Å². The van der Waals surface area contributed by atoms with Gasteiger partial charge in [-0.15, -0.1) is 0 Å². The van der Waals surface area contributed by atoms with E-state index >= 15 is 0 Å². The van der Waals surface area contributed by atoms with Crippen LogP contribution in [0.1, 0.15) is 37.6 Å². The zero-order valence-electron chi connectivity index (χ0n) is 12.3. The summed E-state index contributed by atoms with van der Waals surface area (Å²) in [5, 5.41) is 6.72. The quantitative estimate of drug-likeness (QED) is 0.896. The van der Waals surface area contributed by atoms with E-state index in [9.17, 15) is 8.42 Å². The van der Waals surface area contributed by atoms with E-state index in [1.807, 2.05) is 0 Å². The molecule has 0 spiro atoms. The average Bonchev–Trinajstić information content (AvgIpc) is 2.76. The molecule has 2 rings (SSSR count). The second kappa shape index (κ2) is 6.24. The van der Waals surface area contributed by atoms with Crippen molar-refractivity contribution in [1.29, 1.82) is 0 Å². The standard InChI is InChI=1S/C13H23N3O3S/c1-4-8-19-12-6-5-7-16(9-12)20(17,18)13-10(2)14-15-11(13)3/h12H,4-9H2,1-3H3,(H,14,15). The molecule has 1 atom stereocenters. The van der Waals surface area contributed by atoms with Crippen molar-refractivity contribution in [3.8, 4) is 0 Å². The number of hydrogen-bond donors (Lipinski definition) is 1. The molecule has 7 heteroatoms. The van der Waals surface area contributed by atoms with Gasteiger partial charge >= 0.3 is 0 Å². The maximum Gasteiger partial charge on any atom is 0.246 e. The van der Waals surface area contributed by atoms with Gasteiger partial charge in [-0.2, -0.15) is 9.40 Å². The third-order valence-corrected chi connectivity index (χ3v) is 5.69. The monoisotopic (exact) mass is 301 g/mol. The van der Waals surface area contributed by atoms with Gasteiger partial charge < -0.3 is 4.74 Å². The van der Waals surface area contributed by atoms with Crippen molar-refractivity contribution in [2.45, 2.75) is 51.0 Å². The van der Waals surface area contributed by atoms with Crippen molar-refractivity contribution >= 4 is 10.0 Å². The van der Waals surface area contributed by atoms with Gasteiger partial charge in [0.05, 0.1) is 17.5 Å². The van der Waals surface area contributed by atoms with E-state index in [0.717, 1.165) is 19.3 Å². The molecule has 0 saturated carbocycles. The lowest BCUT2D eigenvalue weighted by molar-refractivity contribution is 0.0193. The fourth-order valence-corrected chi connectivity index (χ4v) is 4.44. The zero-order chi connectivity index (χ0) is 14.8.